The zero-order valence-corrected chi connectivity index (χ0v) is 13.0. The number of hydrogen-bond donors (Lipinski definition) is 2. The van der Waals surface area contributed by atoms with E-state index in [0.717, 1.165) is 24.8 Å². The molecular formula is C15H18ClN3O3. The van der Waals surface area contributed by atoms with Gasteiger partial charge in [0.1, 0.15) is 5.69 Å². The lowest BCUT2D eigenvalue weighted by atomic mass is 10.1. The van der Waals surface area contributed by atoms with E-state index in [1.807, 2.05) is 6.07 Å². The average molecular weight is 324 g/mol. The molecule has 2 amide bonds. The largest absolute Gasteiger partial charge is 0.459 e. The summed E-state index contributed by atoms with van der Waals surface area (Å²) in [6.45, 7) is 2.12. The molecule has 0 bridgehead atoms. The fourth-order valence-electron chi connectivity index (χ4n) is 1.73. The molecule has 118 valence electrons. The van der Waals surface area contributed by atoms with Gasteiger partial charge < -0.3 is 4.42 Å². The van der Waals surface area contributed by atoms with Crippen LogP contribution in [0.1, 0.15) is 46.4 Å². The van der Waals surface area contributed by atoms with E-state index < -0.39 is 11.8 Å². The highest BCUT2D eigenvalue weighted by Crippen LogP contribution is 2.05. The van der Waals surface area contributed by atoms with Gasteiger partial charge in [-0.1, -0.05) is 19.4 Å². The molecule has 0 unspecified atom stereocenters. The van der Waals surface area contributed by atoms with Crippen molar-refractivity contribution in [3.8, 4) is 0 Å². The van der Waals surface area contributed by atoms with E-state index in [-0.39, 0.29) is 23.9 Å². The molecule has 7 heteroatoms. The van der Waals surface area contributed by atoms with E-state index in [0.29, 0.717) is 0 Å². The van der Waals surface area contributed by atoms with Crippen molar-refractivity contribution in [1.82, 2.24) is 15.8 Å². The normalized spacial score (nSPS) is 9.68. The number of halogens is 1. The number of unbranched alkanes of at least 4 members (excludes halogenated alkanes) is 1. The van der Waals surface area contributed by atoms with Crippen molar-refractivity contribution in [3.63, 3.8) is 0 Å². The highest BCUT2D eigenvalue weighted by molar-refractivity contribution is 5.96. The first-order valence-corrected chi connectivity index (χ1v) is 6.80. The number of aryl methyl sites for hydroxylation is 1. The Morgan fingerprint density at radius 2 is 1.95 bits per heavy atom. The fraction of sp³-hybridized carbons (Fsp3) is 0.267. The Hall–Kier alpha value is -2.34. The topological polar surface area (TPSA) is 84.2 Å². The summed E-state index contributed by atoms with van der Waals surface area (Å²) in [6.07, 6.45) is 6.21. The second-order valence-electron chi connectivity index (χ2n) is 4.54. The molecule has 0 fully saturated rings. The van der Waals surface area contributed by atoms with E-state index in [4.69, 9.17) is 4.42 Å². The number of pyridine rings is 1. The summed E-state index contributed by atoms with van der Waals surface area (Å²) in [4.78, 5) is 27.5. The van der Waals surface area contributed by atoms with Crippen molar-refractivity contribution in [2.24, 2.45) is 0 Å². The van der Waals surface area contributed by atoms with Crippen molar-refractivity contribution >= 4 is 24.2 Å². The van der Waals surface area contributed by atoms with Gasteiger partial charge in [-0.25, -0.2) is 0 Å². The van der Waals surface area contributed by atoms with Crippen molar-refractivity contribution < 1.29 is 14.0 Å². The van der Waals surface area contributed by atoms with Gasteiger partial charge in [0.15, 0.2) is 5.76 Å². The SMILES string of the molecule is CCCCc1ccc(C(=O)NNC(=O)c2ccco2)nc1.Cl. The molecular weight excluding hydrogens is 306 g/mol. The molecule has 2 N–H and O–H groups in total. The standard InChI is InChI=1S/C15H17N3O3.ClH/c1-2-3-5-11-7-8-12(16-10-11)14(19)17-18-15(20)13-6-4-9-21-13;/h4,6-10H,2-3,5H2,1H3,(H,17,19)(H,18,20);1H. The molecule has 0 radical (unpaired) electrons. The summed E-state index contributed by atoms with van der Waals surface area (Å²) < 4.78 is 4.91. The lowest BCUT2D eigenvalue weighted by molar-refractivity contribution is 0.0828. The third kappa shape index (κ3) is 4.89. The molecule has 0 aliphatic heterocycles. The molecule has 2 heterocycles. The van der Waals surface area contributed by atoms with Gasteiger partial charge in [-0.15, -0.1) is 12.4 Å². The van der Waals surface area contributed by atoms with Gasteiger partial charge in [0.2, 0.25) is 0 Å². The molecule has 0 saturated carbocycles. The van der Waals surface area contributed by atoms with Gasteiger partial charge >= 0.3 is 5.91 Å². The number of rotatable bonds is 5. The smallest absolute Gasteiger partial charge is 0.305 e. The van der Waals surface area contributed by atoms with Gasteiger partial charge in [-0.05, 0) is 36.6 Å². The Morgan fingerprint density at radius 1 is 1.18 bits per heavy atom. The zero-order chi connectivity index (χ0) is 15.1. The van der Waals surface area contributed by atoms with Crippen molar-refractivity contribution in [1.29, 1.82) is 0 Å². The Bertz CT molecular complexity index is 597. The highest BCUT2D eigenvalue weighted by Gasteiger charge is 2.11. The Labute approximate surface area is 134 Å². The molecule has 22 heavy (non-hydrogen) atoms. The van der Waals surface area contributed by atoms with Crippen LogP contribution in [0.2, 0.25) is 0 Å². The van der Waals surface area contributed by atoms with Crippen LogP contribution in [0.15, 0.2) is 41.1 Å². The third-order valence-electron chi connectivity index (χ3n) is 2.91. The van der Waals surface area contributed by atoms with Crippen LogP contribution in [-0.4, -0.2) is 16.8 Å². The van der Waals surface area contributed by atoms with E-state index in [9.17, 15) is 9.59 Å². The second kappa shape index (κ2) is 8.84. The number of nitrogens with one attached hydrogen (secondary N) is 2. The summed E-state index contributed by atoms with van der Waals surface area (Å²) in [5.41, 5.74) is 5.88. The first kappa shape index (κ1) is 17.7. The zero-order valence-electron chi connectivity index (χ0n) is 12.2. The van der Waals surface area contributed by atoms with Gasteiger partial charge in [-0.2, -0.15) is 0 Å². The van der Waals surface area contributed by atoms with Crippen molar-refractivity contribution in [2.45, 2.75) is 26.2 Å². The van der Waals surface area contributed by atoms with E-state index in [1.54, 1.807) is 18.3 Å². The number of nitrogens with zero attached hydrogens (tertiary/aromatic N) is 1. The molecule has 2 aromatic rings. The molecule has 0 aromatic carbocycles. The van der Waals surface area contributed by atoms with Gasteiger partial charge in [0.05, 0.1) is 6.26 Å². The highest BCUT2D eigenvalue weighted by atomic mass is 35.5. The molecule has 0 spiro atoms. The number of carbonyl (C=O) groups excluding carboxylic acids is 2. The first-order valence-electron chi connectivity index (χ1n) is 6.80. The fourth-order valence-corrected chi connectivity index (χ4v) is 1.73. The summed E-state index contributed by atoms with van der Waals surface area (Å²) in [6, 6.07) is 6.60. The molecule has 2 rings (SSSR count). The number of aromatic nitrogens is 1. The summed E-state index contributed by atoms with van der Waals surface area (Å²) in [7, 11) is 0. The average Bonchev–Trinajstić information content (AvgIpc) is 3.05. The first-order chi connectivity index (χ1) is 10.2. The van der Waals surface area contributed by atoms with Crippen molar-refractivity contribution in [2.75, 3.05) is 0 Å². The maximum Gasteiger partial charge on any atom is 0.305 e. The van der Waals surface area contributed by atoms with Crippen LogP contribution in [0.25, 0.3) is 0 Å². The molecule has 0 aliphatic rings. The van der Waals surface area contributed by atoms with Crippen LogP contribution in [0.5, 0.6) is 0 Å². The molecule has 0 atom stereocenters. The van der Waals surface area contributed by atoms with Gasteiger partial charge in [0, 0.05) is 6.20 Å². The van der Waals surface area contributed by atoms with Crippen LogP contribution < -0.4 is 10.9 Å². The van der Waals surface area contributed by atoms with Gasteiger partial charge in [0.25, 0.3) is 5.91 Å². The number of carbonyl (C=O) groups is 2. The minimum absolute atomic E-state index is 0. The van der Waals surface area contributed by atoms with Crippen molar-refractivity contribution in [3.05, 3.63) is 53.7 Å². The van der Waals surface area contributed by atoms with Gasteiger partial charge in [-0.3, -0.25) is 25.4 Å². The van der Waals surface area contributed by atoms with Crippen LogP contribution in [0, 0.1) is 0 Å². The molecule has 0 saturated heterocycles. The van der Waals surface area contributed by atoms with Crippen LogP contribution in [0.4, 0.5) is 0 Å². The maximum absolute atomic E-state index is 11.8. The number of hydrazine groups is 1. The number of amides is 2. The number of hydrogen-bond acceptors (Lipinski definition) is 4. The molecule has 0 aliphatic carbocycles. The minimum atomic E-state index is -0.520. The summed E-state index contributed by atoms with van der Waals surface area (Å²) in [5.74, 6) is -0.872. The molecule has 6 nitrogen and oxygen atoms in total. The summed E-state index contributed by atoms with van der Waals surface area (Å²) >= 11 is 0. The van der Waals surface area contributed by atoms with E-state index in [1.165, 1.54) is 12.3 Å². The Balaban J connectivity index is 0.00000242. The lowest BCUT2D eigenvalue weighted by Crippen LogP contribution is -2.41. The predicted molar refractivity (Wildman–Crippen MR) is 83.7 cm³/mol. The van der Waals surface area contributed by atoms with E-state index in [2.05, 4.69) is 22.8 Å². The Morgan fingerprint density at radius 3 is 2.55 bits per heavy atom. The third-order valence-corrected chi connectivity index (χ3v) is 2.91. The second-order valence-corrected chi connectivity index (χ2v) is 4.54. The van der Waals surface area contributed by atoms with Crippen LogP contribution >= 0.6 is 12.4 Å². The van der Waals surface area contributed by atoms with E-state index >= 15 is 0 Å². The Kier molecular flexibility index (Phi) is 7.12. The molecule has 2 aromatic heterocycles. The van der Waals surface area contributed by atoms with Crippen LogP contribution in [0.3, 0.4) is 0 Å². The quantitative estimate of drug-likeness (QED) is 0.828. The maximum atomic E-state index is 11.8. The minimum Gasteiger partial charge on any atom is -0.459 e. The number of furan rings is 1. The monoisotopic (exact) mass is 323 g/mol. The summed E-state index contributed by atoms with van der Waals surface area (Å²) in [5, 5.41) is 0. The lowest BCUT2D eigenvalue weighted by Gasteiger charge is -2.06. The predicted octanol–water partition coefficient (Wildman–Crippen LogP) is 2.51. The van der Waals surface area contributed by atoms with Crippen LogP contribution in [-0.2, 0) is 6.42 Å².